The van der Waals surface area contributed by atoms with E-state index in [0.29, 0.717) is 41.6 Å². The lowest BCUT2D eigenvalue weighted by molar-refractivity contribution is -0.125. The molecule has 2 saturated heterocycles. The van der Waals surface area contributed by atoms with Crippen molar-refractivity contribution in [2.45, 2.75) is 70.6 Å². The molecule has 3 N–H and O–H groups in total. The van der Waals surface area contributed by atoms with Crippen molar-refractivity contribution < 1.29 is 23.9 Å². The lowest BCUT2D eigenvalue weighted by Gasteiger charge is -2.27. The number of ether oxygens (including phenoxy) is 2. The number of thioether (sulfide) groups is 1. The third-order valence-corrected chi connectivity index (χ3v) is 8.88. The van der Waals surface area contributed by atoms with Gasteiger partial charge in [-0.25, -0.2) is 9.59 Å². The number of carbonyl (C=O) groups excluding carboxylic acids is 3. The van der Waals surface area contributed by atoms with E-state index in [9.17, 15) is 14.4 Å². The van der Waals surface area contributed by atoms with Crippen molar-refractivity contribution in [3.8, 4) is 5.75 Å². The van der Waals surface area contributed by atoms with Crippen LogP contribution in [0.1, 0.15) is 52.9 Å². The van der Waals surface area contributed by atoms with E-state index in [-0.39, 0.29) is 11.9 Å². The molecule has 3 aliphatic rings. The molecule has 10 nitrogen and oxygen atoms in total. The molecule has 43 heavy (non-hydrogen) atoms. The minimum atomic E-state index is -0.601. The van der Waals surface area contributed by atoms with Crippen LogP contribution in [0, 0.1) is 5.92 Å². The Labute approximate surface area is 258 Å². The van der Waals surface area contributed by atoms with E-state index in [0.717, 1.165) is 43.8 Å². The summed E-state index contributed by atoms with van der Waals surface area (Å²) < 4.78 is 11.5. The minimum Gasteiger partial charge on any atom is -0.490 e. The second-order valence-corrected chi connectivity index (χ2v) is 13.5. The summed E-state index contributed by atoms with van der Waals surface area (Å²) in [6.07, 6.45) is 5.48. The van der Waals surface area contributed by atoms with Crippen molar-refractivity contribution >= 4 is 46.9 Å². The summed E-state index contributed by atoms with van der Waals surface area (Å²) in [4.78, 5) is 41.8. The van der Waals surface area contributed by atoms with Crippen molar-refractivity contribution in [3.05, 3.63) is 48.5 Å². The van der Waals surface area contributed by atoms with E-state index in [1.165, 1.54) is 17.7 Å². The van der Waals surface area contributed by atoms with Crippen molar-refractivity contribution in [2.75, 3.05) is 46.8 Å². The van der Waals surface area contributed by atoms with E-state index in [4.69, 9.17) is 9.47 Å². The van der Waals surface area contributed by atoms with Crippen LogP contribution < -0.4 is 25.6 Å². The highest BCUT2D eigenvalue weighted by Gasteiger charge is 2.37. The predicted molar refractivity (Wildman–Crippen MR) is 171 cm³/mol. The molecular formula is C32H43N5O5S. The van der Waals surface area contributed by atoms with Crippen LogP contribution in [0.4, 0.5) is 26.7 Å². The van der Waals surface area contributed by atoms with E-state index in [1.54, 1.807) is 11.8 Å². The molecule has 0 aromatic heterocycles. The number of urea groups is 1. The van der Waals surface area contributed by atoms with Gasteiger partial charge in [0.15, 0.2) is 0 Å². The summed E-state index contributed by atoms with van der Waals surface area (Å²) in [5, 5.41) is 8.82. The SMILES string of the molecule is CC(C)(C)OC(=O)N1CSCC1C(=O)NCC1CCN(c2ccc(NC(=O)Nc3ccc(OC4CCCC4)cc3)cc2)C1. The monoisotopic (exact) mass is 609 g/mol. The van der Waals surface area contributed by atoms with Crippen LogP contribution in [0.15, 0.2) is 48.5 Å². The number of nitrogens with zero attached hydrogens (tertiary/aromatic N) is 2. The van der Waals surface area contributed by atoms with Crippen LogP contribution in [0.3, 0.4) is 0 Å². The van der Waals surface area contributed by atoms with Crippen molar-refractivity contribution in [2.24, 2.45) is 5.92 Å². The summed E-state index contributed by atoms with van der Waals surface area (Å²) in [5.74, 6) is 2.04. The Morgan fingerprint density at radius 2 is 1.58 bits per heavy atom. The molecule has 2 atom stereocenters. The lowest BCUT2D eigenvalue weighted by Crippen LogP contribution is -2.49. The van der Waals surface area contributed by atoms with Gasteiger partial charge in [-0.15, -0.1) is 11.8 Å². The Balaban J connectivity index is 1.04. The topological polar surface area (TPSA) is 112 Å². The largest absolute Gasteiger partial charge is 0.490 e. The van der Waals surface area contributed by atoms with Gasteiger partial charge in [-0.1, -0.05) is 0 Å². The van der Waals surface area contributed by atoms with Crippen molar-refractivity contribution in [1.82, 2.24) is 10.2 Å². The summed E-state index contributed by atoms with van der Waals surface area (Å²) in [7, 11) is 0. The fourth-order valence-electron chi connectivity index (χ4n) is 5.62. The molecule has 0 bridgehead atoms. The number of anilines is 3. The summed E-state index contributed by atoms with van der Waals surface area (Å²) in [6.45, 7) is 7.74. The molecule has 0 spiro atoms. The normalized spacial score (nSPS) is 20.6. The summed E-state index contributed by atoms with van der Waals surface area (Å²) >= 11 is 1.56. The quantitative estimate of drug-likeness (QED) is 0.341. The third kappa shape index (κ3) is 8.72. The number of hydrogen-bond acceptors (Lipinski definition) is 7. The van der Waals surface area contributed by atoms with Gasteiger partial charge in [0.1, 0.15) is 17.4 Å². The number of benzene rings is 2. The van der Waals surface area contributed by atoms with Crippen molar-refractivity contribution in [3.63, 3.8) is 0 Å². The van der Waals surface area contributed by atoms with Gasteiger partial charge in [-0.2, -0.15) is 0 Å². The lowest BCUT2D eigenvalue weighted by atomic mass is 10.1. The minimum absolute atomic E-state index is 0.128. The van der Waals surface area contributed by atoms with Crippen LogP contribution in [0.25, 0.3) is 0 Å². The molecule has 2 aliphatic heterocycles. The van der Waals surface area contributed by atoms with Crippen molar-refractivity contribution in [1.29, 1.82) is 0 Å². The van der Waals surface area contributed by atoms with Gasteiger partial charge >= 0.3 is 12.1 Å². The molecule has 3 fully saturated rings. The number of rotatable bonds is 8. The molecule has 232 valence electrons. The van der Waals surface area contributed by atoms with Crippen LogP contribution in [-0.2, 0) is 9.53 Å². The van der Waals surface area contributed by atoms with E-state index in [2.05, 4.69) is 20.9 Å². The fourth-order valence-corrected chi connectivity index (χ4v) is 6.76. The zero-order valence-electron chi connectivity index (χ0n) is 25.3. The smallest absolute Gasteiger partial charge is 0.411 e. The Morgan fingerprint density at radius 1 is 0.930 bits per heavy atom. The predicted octanol–water partition coefficient (Wildman–Crippen LogP) is 5.90. The molecule has 0 radical (unpaired) electrons. The maximum atomic E-state index is 12.9. The highest BCUT2D eigenvalue weighted by Crippen LogP contribution is 2.28. The first kappa shape index (κ1) is 30.8. The van der Waals surface area contributed by atoms with Crippen LogP contribution in [0.5, 0.6) is 5.75 Å². The van der Waals surface area contributed by atoms with Crippen LogP contribution in [-0.4, -0.2) is 71.9 Å². The summed E-state index contributed by atoms with van der Waals surface area (Å²) in [6, 6.07) is 14.5. The molecule has 1 saturated carbocycles. The average molecular weight is 610 g/mol. The zero-order valence-corrected chi connectivity index (χ0v) is 26.1. The third-order valence-electron chi connectivity index (χ3n) is 7.87. The molecular weight excluding hydrogens is 566 g/mol. The molecule has 11 heteroatoms. The maximum Gasteiger partial charge on any atom is 0.411 e. The molecule has 1 aliphatic carbocycles. The van der Waals surface area contributed by atoms with Gasteiger partial charge in [0.05, 0.1) is 12.0 Å². The highest BCUT2D eigenvalue weighted by atomic mass is 32.2. The van der Waals surface area contributed by atoms with E-state index >= 15 is 0 Å². The maximum absolute atomic E-state index is 12.9. The Bertz CT molecular complexity index is 1260. The Morgan fingerprint density at radius 3 is 2.23 bits per heavy atom. The first-order chi connectivity index (χ1) is 20.6. The molecule has 2 heterocycles. The average Bonchev–Trinajstić information content (AvgIpc) is 3.75. The molecule has 2 aromatic carbocycles. The fraction of sp³-hybridized carbons (Fsp3) is 0.531. The number of nitrogens with one attached hydrogen (secondary N) is 3. The second kappa shape index (κ2) is 13.8. The summed E-state index contributed by atoms with van der Waals surface area (Å²) in [5.41, 5.74) is 1.87. The first-order valence-corrected chi connectivity index (χ1v) is 16.3. The van der Waals surface area contributed by atoms with Gasteiger partial charge in [0, 0.05) is 42.4 Å². The van der Waals surface area contributed by atoms with Gasteiger partial charge in [0.25, 0.3) is 0 Å². The molecule has 5 rings (SSSR count). The van der Waals surface area contributed by atoms with Crippen LogP contribution >= 0.6 is 11.8 Å². The molecule has 4 amide bonds. The Hall–Kier alpha value is -3.60. The molecule has 2 unspecified atom stereocenters. The van der Waals surface area contributed by atoms with Crippen LogP contribution in [0.2, 0.25) is 0 Å². The van der Waals surface area contributed by atoms with E-state index < -0.39 is 17.7 Å². The van der Waals surface area contributed by atoms with E-state index in [1.807, 2.05) is 69.3 Å². The first-order valence-electron chi connectivity index (χ1n) is 15.2. The van der Waals surface area contributed by atoms with Gasteiger partial charge in [-0.3, -0.25) is 9.69 Å². The number of amides is 4. The Kier molecular flexibility index (Phi) is 9.90. The molecule has 2 aromatic rings. The van der Waals surface area contributed by atoms with Gasteiger partial charge < -0.3 is 30.3 Å². The number of hydrogen-bond donors (Lipinski definition) is 3. The zero-order chi connectivity index (χ0) is 30.4. The number of carbonyl (C=O) groups is 3. The van der Waals surface area contributed by atoms with Gasteiger partial charge in [0.2, 0.25) is 5.91 Å². The van der Waals surface area contributed by atoms with Gasteiger partial charge in [-0.05, 0) is 107 Å². The standard InChI is InChI=1S/C32H43N5O5S/c1-32(2,3)42-31(40)37-21-43-20-28(37)29(38)33-18-22-16-17-36(19-22)25-12-8-23(9-13-25)34-30(39)35-24-10-14-27(15-11-24)41-26-6-4-5-7-26/h8-15,22,26,28H,4-7,16-21H2,1-3H3,(H,33,38)(H2,34,35,39). The second-order valence-electron chi connectivity index (χ2n) is 12.5. The highest BCUT2D eigenvalue weighted by molar-refractivity contribution is 7.99.